The molecule has 0 unspecified atom stereocenters. The molecule has 3 rings (SSSR count). The van der Waals surface area contributed by atoms with E-state index in [1.54, 1.807) is 0 Å². The summed E-state index contributed by atoms with van der Waals surface area (Å²) >= 11 is 5.96. The molecule has 0 saturated carbocycles. The van der Waals surface area contributed by atoms with Crippen LogP contribution < -0.4 is 10.2 Å². The van der Waals surface area contributed by atoms with Crippen LogP contribution in [0.5, 0.6) is 0 Å². The summed E-state index contributed by atoms with van der Waals surface area (Å²) in [6.45, 7) is 9.79. The molecule has 0 radical (unpaired) electrons. The van der Waals surface area contributed by atoms with Crippen LogP contribution in [0.25, 0.3) is 0 Å². The Bertz CT molecular complexity index is 551. The first kappa shape index (κ1) is 18.5. The van der Waals surface area contributed by atoms with E-state index in [2.05, 4.69) is 32.1 Å². The minimum absolute atomic E-state index is 0.0639. The van der Waals surface area contributed by atoms with Gasteiger partial charge in [0.25, 0.3) is 0 Å². The maximum atomic E-state index is 12.4. The highest BCUT2D eigenvalue weighted by Crippen LogP contribution is 2.20. The quantitative estimate of drug-likeness (QED) is 0.838. The van der Waals surface area contributed by atoms with E-state index in [0.29, 0.717) is 0 Å². The Morgan fingerprint density at radius 2 is 1.72 bits per heavy atom. The smallest absolute Gasteiger partial charge is 0.237 e. The number of rotatable bonds is 6. The molecule has 1 N–H and O–H groups in total. The van der Waals surface area contributed by atoms with Crippen molar-refractivity contribution in [3.05, 3.63) is 29.3 Å². The van der Waals surface area contributed by atoms with Crippen molar-refractivity contribution in [2.45, 2.75) is 25.8 Å². The van der Waals surface area contributed by atoms with Crippen molar-refractivity contribution < 1.29 is 4.79 Å². The molecule has 1 atom stereocenters. The molecule has 2 saturated heterocycles. The van der Waals surface area contributed by atoms with Crippen molar-refractivity contribution >= 4 is 23.2 Å². The van der Waals surface area contributed by atoms with Gasteiger partial charge in [-0.1, -0.05) is 11.6 Å². The van der Waals surface area contributed by atoms with Crippen molar-refractivity contribution in [1.29, 1.82) is 0 Å². The Kier molecular flexibility index (Phi) is 6.57. The summed E-state index contributed by atoms with van der Waals surface area (Å²) in [5.74, 6) is 0.152. The highest BCUT2D eigenvalue weighted by atomic mass is 35.5. The van der Waals surface area contributed by atoms with Gasteiger partial charge in [0, 0.05) is 50.0 Å². The fourth-order valence-electron chi connectivity index (χ4n) is 3.68. The first-order valence-corrected chi connectivity index (χ1v) is 9.76. The van der Waals surface area contributed by atoms with E-state index in [1.807, 2.05) is 19.1 Å². The van der Waals surface area contributed by atoms with Crippen LogP contribution in [0.1, 0.15) is 19.8 Å². The minimum Gasteiger partial charge on any atom is -0.369 e. The number of nitrogens with one attached hydrogen (secondary N) is 1. The highest BCUT2D eigenvalue weighted by molar-refractivity contribution is 6.30. The molecule has 0 aromatic heterocycles. The molecular weight excluding hydrogens is 336 g/mol. The van der Waals surface area contributed by atoms with Crippen molar-refractivity contribution in [3.63, 3.8) is 0 Å². The van der Waals surface area contributed by atoms with E-state index in [4.69, 9.17) is 11.6 Å². The van der Waals surface area contributed by atoms with Crippen LogP contribution >= 0.6 is 11.6 Å². The van der Waals surface area contributed by atoms with E-state index in [-0.39, 0.29) is 11.9 Å². The summed E-state index contributed by atoms with van der Waals surface area (Å²) in [7, 11) is 0. The molecule has 5 nitrogen and oxygen atoms in total. The number of nitrogens with zero attached hydrogens (tertiary/aromatic N) is 3. The van der Waals surface area contributed by atoms with Gasteiger partial charge in [-0.15, -0.1) is 0 Å². The molecule has 0 aliphatic carbocycles. The second kappa shape index (κ2) is 8.88. The first-order valence-electron chi connectivity index (χ1n) is 9.38. The molecule has 0 spiro atoms. The lowest BCUT2D eigenvalue weighted by atomic mass is 10.2. The number of benzene rings is 1. The van der Waals surface area contributed by atoms with Crippen molar-refractivity contribution in [3.8, 4) is 0 Å². The third-order valence-corrected chi connectivity index (χ3v) is 5.61. The summed E-state index contributed by atoms with van der Waals surface area (Å²) in [6, 6.07) is 7.92. The van der Waals surface area contributed by atoms with Crippen molar-refractivity contribution in [1.82, 2.24) is 15.1 Å². The van der Waals surface area contributed by atoms with Gasteiger partial charge >= 0.3 is 0 Å². The molecule has 6 heteroatoms. The van der Waals surface area contributed by atoms with E-state index in [1.165, 1.54) is 31.6 Å². The van der Waals surface area contributed by atoms with Gasteiger partial charge in [-0.3, -0.25) is 9.69 Å². The number of amides is 1. The molecule has 138 valence electrons. The number of hydrogen-bond donors (Lipinski definition) is 1. The Hall–Kier alpha value is -1.30. The standard InChI is InChI=1S/C19H29ClN4O/c1-16(19(25)21-8-11-22-9-2-3-10-22)23-12-14-24(15-13-23)18-6-4-17(20)5-7-18/h4-7,16H,2-3,8-15H2,1H3,(H,21,25)/t16-/m0/s1. The number of hydrogen-bond acceptors (Lipinski definition) is 4. The Morgan fingerprint density at radius 3 is 2.36 bits per heavy atom. The Balaban J connectivity index is 1.40. The molecule has 25 heavy (non-hydrogen) atoms. The fourth-order valence-corrected chi connectivity index (χ4v) is 3.80. The maximum absolute atomic E-state index is 12.4. The largest absolute Gasteiger partial charge is 0.369 e. The summed E-state index contributed by atoms with van der Waals surface area (Å²) in [5, 5.41) is 3.87. The second-order valence-electron chi connectivity index (χ2n) is 7.02. The van der Waals surface area contributed by atoms with Crippen LogP contribution in [-0.4, -0.2) is 74.1 Å². The number of anilines is 1. The summed E-state index contributed by atoms with van der Waals surface area (Å²) < 4.78 is 0. The predicted octanol–water partition coefficient (Wildman–Crippen LogP) is 2.06. The average molecular weight is 365 g/mol. The maximum Gasteiger partial charge on any atom is 0.237 e. The van der Waals surface area contributed by atoms with Crippen molar-refractivity contribution in [2.24, 2.45) is 0 Å². The second-order valence-corrected chi connectivity index (χ2v) is 7.45. The molecule has 2 aliphatic rings. The zero-order valence-corrected chi connectivity index (χ0v) is 15.8. The molecule has 1 aromatic carbocycles. The van der Waals surface area contributed by atoms with Gasteiger partial charge in [0.15, 0.2) is 0 Å². The lowest BCUT2D eigenvalue weighted by Gasteiger charge is -2.38. The fraction of sp³-hybridized carbons (Fsp3) is 0.632. The third-order valence-electron chi connectivity index (χ3n) is 5.36. The normalized spacial score (nSPS) is 20.6. The van der Waals surface area contributed by atoms with Crippen LogP contribution in [0.4, 0.5) is 5.69 Å². The van der Waals surface area contributed by atoms with Gasteiger partial charge in [0.2, 0.25) is 5.91 Å². The summed E-state index contributed by atoms with van der Waals surface area (Å²) in [4.78, 5) is 19.5. The van der Waals surface area contributed by atoms with Gasteiger partial charge in [-0.05, 0) is 57.1 Å². The van der Waals surface area contributed by atoms with E-state index in [9.17, 15) is 4.79 Å². The minimum atomic E-state index is -0.0639. The van der Waals surface area contributed by atoms with Crippen LogP contribution in [-0.2, 0) is 4.79 Å². The zero-order valence-electron chi connectivity index (χ0n) is 15.1. The van der Waals surface area contributed by atoms with Gasteiger partial charge in [0.1, 0.15) is 0 Å². The third kappa shape index (κ3) is 5.09. The topological polar surface area (TPSA) is 38.8 Å². The number of carbonyl (C=O) groups excluding carboxylic acids is 1. The Morgan fingerprint density at radius 1 is 1.08 bits per heavy atom. The molecule has 2 fully saturated rings. The molecule has 1 amide bonds. The zero-order chi connectivity index (χ0) is 17.6. The number of piperazine rings is 1. The van der Waals surface area contributed by atoms with Gasteiger partial charge in [-0.2, -0.15) is 0 Å². The van der Waals surface area contributed by atoms with Gasteiger partial charge < -0.3 is 15.1 Å². The van der Waals surface area contributed by atoms with Crippen LogP contribution in [0.3, 0.4) is 0 Å². The lowest BCUT2D eigenvalue weighted by Crippen LogP contribution is -2.54. The van der Waals surface area contributed by atoms with Crippen LogP contribution in [0, 0.1) is 0 Å². The number of halogens is 1. The number of carbonyl (C=O) groups is 1. The van der Waals surface area contributed by atoms with Crippen molar-refractivity contribution in [2.75, 3.05) is 57.3 Å². The van der Waals surface area contributed by atoms with E-state index >= 15 is 0 Å². The highest BCUT2D eigenvalue weighted by Gasteiger charge is 2.25. The first-order chi connectivity index (χ1) is 12.1. The Labute approximate surface area is 155 Å². The van der Waals surface area contributed by atoms with E-state index in [0.717, 1.165) is 44.3 Å². The van der Waals surface area contributed by atoms with Gasteiger partial charge in [-0.25, -0.2) is 0 Å². The molecule has 1 aromatic rings. The SMILES string of the molecule is C[C@@H](C(=O)NCCN1CCCC1)N1CCN(c2ccc(Cl)cc2)CC1. The monoisotopic (exact) mass is 364 g/mol. The summed E-state index contributed by atoms with van der Waals surface area (Å²) in [5.41, 5.74) is 1.20. The van der Waals surface area contributed by atoms with Crippen LogP contribution in [0.15, 0.2) is 24.3 Å². The summed E-state index contributed by atoms with van der Waals surface area (Å²) in [6.07, 6.45) is 2.59. The molecular formula is C19H29ClN4O. The average Bonchev–Trinajstić information content (AvgIpc) is 3.15. The molecule has 0 bridgehead atoms. The predicted molar refractivity (Wildman–Crippen MR) is 103 cm³/mol. The molecule has 2 heterocycles. The van der Waals surface area contributed by atoms with Gasteiger partial charge in [0.05, 0.1) is 6.04 Å². The molecule has 2 aliphatic heterocycles. The lowest BCUT2D eigenvalue weighted by molar-refractivity contribution is -0.126. The number of likely N-dealkylation sites (tertiary alicyclic amines) is 1. The van der Waals surface area contributed by atoms with E-state index < -0.39 is 0 Å². The van der Waals surface area contributed by atoms with Crippen LogP contribution in [0.2, 0.25) is 5.02 Å².